The molecule has 7 nitrogen and oxygen atoms in total. The maximum atomic E-state index is 12.9. The number of halogens is 1. The van der Waals surface area contributed by atoms with Gasteiger partial charge in [0.15, 0.2) is 4.90 Å². The van der Waals surface area contributed by atoms with Gasteiger partial charge in [0.05, 0.1) is 10.6 Å². The van der Waals surface area contributed by atoms with Gasteiger partial charge < -0.3 is 0 Å². The summed E-state index contributed by atoms with van der Waals surface area (Å²) < 4.78 is 28.3. The molecule has 2 aromatic carbocycles. The molecule has 1 fully saturated rings. The lowest BCUT2D eigenvalue weighted by molar-refractivity contribution is -0.387. The number of anilines is 1. The minimum absolute atomic E-state index is 0.102. The number of nitro groups is 1. The standard InChI is InChI=1S/C20H24ClN3O4S/c1-23(17-8-3-2-4-9-17)14-15-7-5-6-10-18(15)22-29(27,28)20-12-11-16(21)13-19(20)24(25)26/h5-7,10-13,17,22H,2-4,8-9,14H2,1H3. The van der Waals surface area contributed by atoms with Crippen molar-refractivity contribution in [1.82, 2.24) is 4.90 Å². The van der Waals surface area contributed by atoms with Gasteiger partial charge in [-0.15, -0.1) is 0 Å². The molecule has 0 spiro atoms. The summed E-state index contributed by atoms with van der Waals surface area (Å²) in [7, 11) is -2.11. The fourth-order valence-electron chi connectivity index (χ4n) is 3.74. The van der Waals surface area contributed by atoms with Crippen LogP contribution in [0.2, 0.25) is 5.02 Å². The van der Waals surface area contributed by atoms with Crippen LogP contribution in [0.1, 0.15) is 37.7 Å². The average molecular weight is 438 g/mol. The highest BCUT2D eigenvalue weighted by Gasteiger charge is 2.27. The van der Waals surface area contributed by atoms with E-state index in [0.29, 0.717) is 18.3 Å². The molecule has 3 rings (SSSR count). The van der Waals surface area contributed by atoms with Crippen LogP contribution in [0.15, 0.2) is 47.4 Å². The first-order valence-electron chi connectivity index (χ1n) is 9.53. The molecule has 0 amide bonds. The molecule has 0 saturated heterocycles. The van der Waals surface area contributed by atoms with E-state index in [-0.39, 0.29) is 5.02 Å². The molecule has 0 radical (unpaired) electrons. The van der Waals surface area contributed by atoms with Crippen molar-refractivity contribution in [3.05, 3.63) is 63.2 Å². The Morgan fingerprint density at radius 2 is 1.86 bits per heavy atom. The summed E-state index contributed by atoms with van der Waals surface area (Å²) in [5.74, 6) is 0. The fourth-order valence-corrected chi connectivity index (χ4v) is 5.16. The Kier molecular flexibility index (Phi) is 6.77. The molecule has 9 heteroatoms. The summed E-state index contributed by atoms with van der Waals surface area (Å²) in [5, 5.41) is 11.4. The monoisotopic (exact) mass is 437 g/mol. The van der Waals surface area contributed by atoms with Gasteiger partial charge in [0.2, 0.25) is 0 Å². The van der Waals surface area contributed by atoms with Crippen LogP contribution in [-0.4, -0.2) is 31.3 Å². The zero-order chi connectivity index (χ0) is 21.0. The van der Waals surface area contributed by atoms with Crippen LogP contribution in [0.4, 0.5) is 11.4 Å². The number of nitrogens with one attached hydrogen (secondary N) is 1. The molecule has 0 aliphatic heterocycles. The molecule has 1 saturated carbocycles. The minimum atomic E-state index is -4.16. The third kappa shape index (κ3) is 5.26. The summed E-state index contributed by atoms with van der Waals surface area (Å²) >= 11 is 5.80. The molecular weight excluding hydrogens is 414 g/mol. The van der Waals surface area contributed by atoms with Gasteiger partial charge in [-0.3, -0.25) is 19.7 Å². The van der Waals surface area contributed by atoms with Crippen molar-refractivity contribution in [1.29, 1.82) is 0 Å². The van der Waals surface area contributed by atoms with E-state index in [1.54, 1.807) is 12.1 Å². The first-order chi connectivity index (χ1) is 13.8. The topological polar surface area (TPSA) is 92.6 Å². The number of sulfonamides is 1. The molecule has 0 bridgehead atoms. The quantitative estimate of drug-likeness (QED) is 0.495. The highest BCUT2D eigenvalue weighted by molar-refractivity contribution is 7.92. The molecule has 1 aliphatic carbocycles. The van der Waals surface area contributed by atoms with E-state index >= 15 is 0 Å². The lowest BCUT2D eigenvalue weighted by Gasteiger charge is -2.31. The number of rotatable bonds is 7. The van der Waals surface area contributed by atoms with Crippen LogP contribution in [0.25, 0.3) is 0 Å². The molecule has 2 aromatic rings. The van der Waals surface area contributed by atoms with E-state index in [9.17, 15) is 18.5 Å². The number of nitro benzene ring substituents is 1. The first kappa shape index (κ1) is 21.5. The maximum Gasteiger partial charge on any atom is 0.291 e. The Bertz CT molecular complexity index is 991. The summed E-state index contributed by atoms with van der Waals surface area (Å²) in [5.41, 5.74) is 0.682. The van der Waals surface area contributed by atoms with Crippen molar-refractivity contribution < 1.29 is 13.3 Å². The number of nitrogens with zero attached hydrogens (tertiary/aromatic N) is 2. The van der Waals surface area contributed by atoms with Gasteiger partial charge in [-0.1, -0.05) is 49.1 Å². The van der Waals surface area contributed by atoms with Crippen molar-refractivity contribution in [3.63, 3.8) is 0 Å². The van der Waals surface area contributed by atoms with Crippen molar-refractivity contribution >= 4 is 33.0 Å². The largest absolute Gasteiger partial charge is 0.299 e. The predicted molar refractivity (Wildman–Crippen MR) is 114 cm³/mol. The van der Waals surface area contributed by atoms with Gasteiger partial charge in [0.1, 0.15) is 0 Å². The van der Waals surface area contributed by atoms with Gasteiger partial charge in [-0.25, -0.2) is 8.42 Å². The van der Waals surface area contributed by atoms with Crippen molar-refractivity contribution in [2.24, 2.45) is 0 Å². The normalized spacial score (nSPS) is 15.4. The second-order valence-electron chi connectivity index (χ2n) is 7.34. The van der Waals surface area contributed by atoms with Gasteiger partial charge in [-0.2, -0.15) is 0 Å². The van der Waals surface area contributed by atoms with Crippen molar-refractivity contribution in [2.45, 2.75) is 49.6 Å². The van der Waals surface area contributed by atoms with Crippen molar-refractivity contribution in [3.8, 4) is 0 Å². The number of hydrogen-bond acceptors (Lipinski definition) is 5. The van der Waals surface area contributed by atoms with Crippen LogP contribution < -0.4 is 4.72 Å². The summed E-state index contributed by atoms with van der Waals surface area (Å²) in [4.78, 5) is 12.4. The Morgan fingerprint density at radius 3 is 2.55 bits per heavy atom. The van der Waals surface area contributed by atoms with E-state index < -0.39 is 25.5 Å². The summed E-state index contributed by atoms with van der Waals surface area (Å²) in [6.07, 6.45) is 5.97. The Morgan fingerprint density at radius 1 is 1.17 bits per heavy atom. The minimum Gasteiger partial charge on any atom is -0.299 e. The van der Waals surface area contributed by atoms with E-state index in [0.717, 1.165) is 30.5 Å². The lowest BCUT2D eigenvalue weighted by atomic mass is 9.94. The Balaban J connectivity index is 1.86. The zero-order valence-electron chi connectivity index (χ0n) is 16.2. The number of benzene rings is 2. The number of hydrogen-bond donors (Lipinski definition) is 1. The highest BCUT2D eigenvalue weighted by atomic mass is 35.5. The maximum absolute atomic E-state index is 12.9. The summed E-state index contributed by atoms with van der Waals surface area (Å²) in [6, 6.07) is 11.1. The zero-order valence-corrected chi connectivity index (χ0v) is 17.7. The van der Waals surface area contributed by atoms with Gasteiger partial charge >= 0.3 is 0 Å². The van der Waals surface area contributed by atoms with E-state index in [1.807, 2.05) is 19.2 Å². The third-order valence-corrected chi connectivity index (χ3v) is 6.93. The van der Waals surface area contributed by atoms with Crippen molar-refractivity contribution in [2.75, 3.05) is 11.8 Å². The Labute approximate surface area is 175 Å². The lowest BCUT2D eigenvalue weighted by Crippen LogP contribution is -2.33. The van der Waals surface area contributed by atoms with Gasteiger partial charge in [0.25, 0.3) is 15.7 Å². The number of para-hydroxylation sites is 1. The van der Waals surface area contributed by atoms with Crippen LogP contribution in [-0.2, 0) is 16.6 Å². The van der Waals surface area contributed by atoms with E-state index in [4.69, 9.17) is 11.6 Å². The second-order valence-corrected chi connectivity index (χ2v) is 9.43. The van der Waals surface area contributed by atoms with Crippen LogP contribution in [0.5, 0.6) is 0 Å². The predicted octanol–water partition coefficient (Wildman–Crippen LogP) is 4.81. The molecule has 0 atom stereocenters. The molecule has 0 aromatic heterocycles. The fraction of sp³-hybridized carbons (Fsp3) is 0.400. The highest BCUT2D eigenvalue weighted by Crippen LogP contribution is 2.30. The average Bonchev–Trinajstić information content (AvgIpc) is 2.69. The SMILES string of the molecule is CN(Cc1ccccc1NS(=O)(=O)c1ccc(Cl)cc1[N+](=O)[O-])C1CCCCC1. The van der Waals surface area contributed by atoms with E-state index in [1.165, 1.54) is 25.3 Å². The molecule has 0 unspecified atom stereocenters. The third-order valence-electron chi connectivity index (χ3n) is 5.29. The summed E-state index contributed by atoms with van der Waals surface area (Å²) in [6.45, 7) is 0.589. The smallest absolute Gasteiger partial charge is 0.291 e. The van der Waals surface area contributed by atoms with Crippen LogP contribution >= 0.6 is 11.6 Å². The Hall–Kier alpha value is -2.16. The molecule has 0 heterocycles. The van der Waals surface area contributed by atoms with Crippen LogP contribution in [0, 0.1) is 10.1 Å². The van der Waals surface area contributed by atoms with Gasteiger partial charge in [-0.05, 0) is 43.7 Å². The molecular formula is C20H24ClN3O4S. The van der Waals surface area contributed by atoms with Gasteiger partial charge in [0, 0.05) is 23.7 Å². The first-order valence-corrected chi connectivity index (χ1v) is 11.4. The molecule has 1 aliphatic rings. The molecule has 1 N–H and O–H groups in total. The van der Waals surface area contributed by atoms with E-state index in [2.05, 4.69) is 9.62 Å². The molecule has 156 valence electrons. The second kappa shape index (κ2) is 9.11. The molecule has 29 heavy (non-hydrogen) atoms. The van der Waals surface area contributed by atoms with Crippen LogP contribution in [0.3, 0.4) is 0 Å².